The molecule has 0 radical (unpaired) electrons. The summed E-state index contributed by atoms with van der Waals surface area (Å²) in [5, 5.41) is 0. The molecule has 0 aromatic carbocycles. The third-order valence-electron chi connectivity index (χ3n) is 0.231. The fourth-order valence-corrected chi connectivity index (χ4v) is 0. The Balaban J connectivity index is 0. The van der Waals surface area contributed by atoms with Crippen molar-refractivity contribution in [3.05, 3.63) is 4.72 Å². The molecule has 0 saturated heterocycles. The standard InChI is InChI=1S/CH4NO3S.K/c1-2-6(3,4)5;/h1H3,(H,3,4,5);/q-1;+1. The fourth-order valence-electron chi connectivity index (χ4n) is 0. The third kappa shape index (κ3) is 11.2. The van der Waals surface area contributed by atoms with Crippen LogP contribution in [-0.2, 0) is 10.3 Å². The molecule has 0 amide bonds. The van der Waals surface area contributed by atoms with Crippen molar-refractivity contribution in [2.45, 2.75) is 0 Å². The van der Waals surface area contributed by atoms with Crippen molar-refractivity contribution >= 4 is 10.3 Å². The largest absolute Gasteiger partial charge is 1.00 e. The number of nitrogens with zero attached hydrogens (tertiary/aromatic N) is 1. The molecule has 1 N–H and O–H groups in total. The first-order valence-corrected chi connectivity index (χ1v) is 2.54. The normalized spacial score (nSPS) is 10.0. The van der Waals surface area contributed by atoms with Crippen molar-refractivity contribution in [3.63, 3.8) is 0 Å². The van der Waals surface area contributed by atoms with Gasteiger partial charge in [-0.25, -0.2) is 8.42 Å². The van der Waals surface area contributed by atoms with Gasteiger partial charge in [-0.05, 0) is 0 Å². The first kappa shape index (κ1) is 11.3. The minimum absolute atomic E-state index is 0. The molecule has 4 nitrogen and oxygen atoms in total. The van der Waals surface area contributed by atoms with E-state index in [1.165, 1.54) is 0 Å². The summed E-state index contributed by atoms with van der Waals surface area (Å²) < 4.78 is 29.0. The summed E-state index contributed by atoms with van der Waals surface area (Å²) in [6.45, 7) is 0. The van der Waals surface area contributed by atoms with Crippen LogP contribution in [0.4, 0.5) is 0 Å². The average Bonchev–Trinajstić information content (AvgIpc) is 1.35. The summed E-state index contributed by atoms with van der Waals surface area (Å²) in [7, 11) is -3.04. The Morgan fingerprint density at radius 2 is 1.71 bits per heavy atom. The maximum atomic E-state index is 9.39. The molecule has 0 fully saturated rings. The second-order valence-corrected chi connectivity index (χ2v) is 1.89. The summed E-state index contributed by atoms with van der Waals surface area (Å²) in [5.41, 5.74) is 0. The predicted molar refractivity (Wildman–Crippen MR) is 20.8 cm³/mol. The van der Waals surface area contributed by atoms with Gasteiger partial charge < -0.3 is 4.72 Å². The second kappa shape index (κ2) is 4.39. The molecular weight excluding hydrogens is 145 g/mol. The number of rotatable bonds is 1. The van der Waals surface area contributed by atoms with E-state index in [0.717, 1.165) is 7.05 Å². The molecule has 0 aromatic heterocycles. The molecule has 6 heteroatoms. The molecule has 0 aliphatic carbocycles. The quantitative estimate of drug-likeness (QED) is 0.315. The topological polar surface area (TPSA) is 68.5 Å². The second-order valence-electron chi connectivity index (χ2n) is 0.630. The minimum Gasteiger partial charge on any atom is -0.527 e. The van der Waals surface area contributed by atoms with E-state index in [1.807, 2.05) is 0 Å². The van der Waals surface area contributed by atoms with Gasteiger partial charge >= 0.3 is 51.4 Å². The molecule has 7 heavy (non-hydrogen) atoms. The smallest absolute Gasteiger partial charge is 0.527 e. The maximum Gasteiger partial charge on any atom is 1.00 e. The van der Waals surface area contributed by atoms with Gasteiger partial charge in [-0.15, -0.1) is 7.05 Å². The average molecular weight is 149 g/mol. The minimum atomic E-state index is -4.04. The molecule has 0 rings (SSSR count). The Bertz CT molecular complexity index is 117. The van der Waals surface area contributed by atoms with E-state index in [9.17, 15) is 8.42 Å². The van der Waals surface area contributed by atoms with Gasteiger partial charge in [0.15, 0.2) is 10.3 Å². The van der Waals surface area contributed by atoms with Crippen LogP contribution in [0.5, 0.6) is 0 Å². The van der Waals surface area contributed by atoms with Crippen molar-refractivity contribution in [1.82, 2.24) is 0 Å². The summed E-state index contributed by atoms with van der Waals surface area (Å²) in [6, 6.07) is 0. The van der Waals surface area contributed by atoms with E-state index in [0.29, 0.717) is 0 Å². The van der Waals surface area contributed by atoms with Crippen LogP contribution in [-0.4, -0.2) is 20.0 Å². The molecule has 38 valence electrons. The van der Waals surface area contributed by atoms with Gasteiger partial charge in [0.2, 0.25) is 0 Å². The number of hydrogen-bond donors (Lipinski definition) is 1. The van der Waals surface area contributed by atoms with Gasteiger partial charge in [0.1, 0.15) is 0 Å². The zero-order valence-electron chi connectivity index (χ0n) is 4.12. The monoisotopic (exact) mass is 149 g/mol. The summed E-state index contributed by atoms with van der Waals surface area (Å²) in [6.07, 6.45) is 0. The van der Waals surface area contributed by atoms with Crippen LogP contribution in [0.15, 0.2) is 0 Å². The van der Waals surface area contributed by atoms with Crippen LogP contribution in [0.2, 0.25) is 0 Å². The molecule has 0 heterocycles. The van der Waals surface area contributed by atoms with Gasteiger partial charge in [0, 0.05) is 0 Å². The van der Waals surface area contributed by atoms with Gasteiger partial charge in [-0.2, -0.15) is 0 Å². The molecule has 0 aromatic rings. The molecule has 0 aliphatic heterocycles. The maximum absolute atomic E-state index is 9.39. The molecule has 0 aliphatic rings. The number of hydrogen-bond acceptors (Lipinski definition) is 2. The van der Waals surface area contributed by atoms with E-state index >= 15 is 0 Å². The summed E-state index contributed by atoms with van der Waals surface area (Å²) >= 11 is 0. The van der Waals surface area contributed by atoms with E-state index in [1.54, 1.807) is 0 Å². The van der Waals surface area contributed by atoms with Crippen LogP contribution < -0.4 is 51.4 Å². The van der Waals surface area contributed by atoms with E-state index in [2.05, 4.69) is 4.72 Å². The van der Waals surface area contributed by atoms with Crippen LogP contribution >= 0.6 is 0 Å². The van der Waals surface area contributed by atoms with Crippen LogP contribution in [0.25, 0.3) is 4.72 Å². The first-order valence-electron chi connectivity index (χ1n) is 1.15. The van der Waals surface area contributed by atoms with Crippen LogP contribution in [0, 0.1) is 0 Å². The third-order valence-corrected chi connectivity index (χ3v) is 0.692. The van der Waals surface area contributed by atoms with E-state index in [4.69, 9.17) is 4.55 Å². The van der Waals surface area contributed by atoms with Crippen LogP contribution in [0.3, 0.4) is 0 Å². The van der Waals surface area contributed by atoms with Gasteiger partial charge in [-0.3, -0.25) is 4.55 Å². The zero-order valence-corrected chi connectivity index (χ0v) is 8.06. The van der Waals surface area contributed by atoms with Gasteiger partial charge in [0.25, 0.3) is 0 Å². The Morgan fingerprint density at radius 1 is 1.57 bits per heavy atom. The van der Waals surface area contributed by atoms with Crippen molar-refractivity contribution in [3.8, 4) is 0 Å². The Kier molecular flexibility index (Phi) is 7.10. The Labute approximate surface area is 85.0 Å². The van der Waals surface area contributed by atoms with E-state index < -0.39 is 10.3 Å². The summed E-state index contributed by atoms with van der Waals surface area (Å²) in [4.78, 5) is 0. The zero-order chi connectivity index (χ0) is 5.21. The van der Waals surface area contributed by atoms with Gasteiger partial charge in [0.05, 0.1) is 0 Å². The molecule has 0 bridgehead atoms. The van der Waals surface area contributed by atoms with Crippen molar-refractivity contribution < 1.29 is 64.4 Å². The molecule has 0 atom stereocenters. The Morgan fingerprint density at radius 3 is 1.71 bits per heavy atom. The Hall–Kier alpha value is 1.51. The van der Waals surface area contributed by atoms with Gasteiger partial charge in [-0.1, -0.05) is 0 Å². The van der Waals surface area contributed by atoms with Crippen molar-refractivity contribution in [2.24, 2.45) is 0 Å². The SMILES string of the molecule is C[N-]S(=O)(=O)O.[K+]. The molecule has 0 saturated carbocycles. The molecule has 0 spiro atoms. The van der Waals surface area contributed by atoms with Crippen LogP contribution in [0.1, 0.15) is 0 Å². The van der Waals surface area contributed by atoms with Crippen molar-refractivity contribution in [2.75, 3.05) is 7.05 Å². The molecular formula is CH4KNO3S. The first-order chi connectivity index (χ1) is 2.56. The van der Waals surface area contributed by atoms with Crippen molar-refractivity contribution in [1.29, 1.82) is 0 Å². The van der Waals surface area contributed by atoms with E-state index in [-0.39, 0.29) is 51.4 Å². The summed E-state index contributed by atoms with van der Waals surface area (Å²) in [5.74, 6) is 0. The predicted octanol–water partition coefficient (Wildman–Crippen LogP) is -3.20. The fraction of sp³-hybridized carbons (Fsp3) is 1.00. The molecule has 0 unspecified atom stereocenters.